The Morgan fingerprint density at radius 2 is 2.21 bits per heavy atom. The van der Waals surface area contributed by atoms with E-state index < -0.39 is 0 Å². The molecule has 0 amide bonds. The maximum Gasteiger partial charge on any atom is 0.0835 e. The normalized spacial score (nSPS) is 40.8. The van der Waals surface area contributed by atoms with Gasteiger partial charge in [0.2, 0.25) is 0 Å². The molecule has 1 aliphatic carbocycles. The Bertz CT molecular complexity index is 275. The molecule has 2 bridgehead atoms. The Balaban J connectivity index is 2.30. The molecule has 0 aromatic carbocycles. The lowest BCUT2D eigenvalue weighted by molar-refractivity contribution is 0.0709. The van der Waals surface area contributed by atoms with Gasteiger partial charge in [0, 0.05) is 5.92 Å². The van der Waals surface area contributed by atoms with Gasteiger partial charge >= 0.3 is 0 Å². The summed E-state index contributed by atoms with van der Waals surface area (Å²) in [6.07, 6.45) is 7.29. The molecule has 2 aliphatic rings. The van der Waals surface area contributed by atoms with E-state index in [1.807, 2.05) is 0 Å². The lowest BCUT2D eigenvalue weighted by Gasteiger charge is -2.37. The van der Waals surface area contributed by atoms with Crippen molar-refractivity contribution in [3.05, 3.63) is 24.3 Å². The van der Waals surface area contributed by atoms with Crippen molar-refractivity contribution in [3.63, 3.8) is 0 Å². The van der Waals surface area contributed by atoms with Crippen molar-refractivity contribution in [2.24, 2.45) is 11.3 Å². The van der Waals surface area contributed by atoms with Crippen LogP contribution in [0.1, 0.15) is 33.6 Å². The lowest BCUT2D eigenvalue weighted by atomic mass is 9.65. The van der Waals surface area contributed by atoms with Crippen LogP contribution < -0.4 is 0 Å². The molecule has 1 heteroatoms. The summed E-state index contributed by atoms with van der Waals surface area (Å²) in [5.74, 6) is 0.525. The number of hydrogen-bond acceptors (Lipinski definition) is 1. The van der Waals surface area contributed by atoms with Crippen molar-refractivity contribution in [2.45, 2.75) is 45.8 Å². The second-order valence-corrected chi connectivity index (χ2v) is 5.19. The Morgan fingerprint density at radius 3 is 2.86 bits per heavy atom. The first kappa shape index (κ1) is 9.97. The van der Waals surface area contributed by atoms with E-state index in [2.05, 4.69) is 39.5 Å². The van der Waals surface area contributed by atoms with Crippen LogP contribution in [-0.4, -0.2) is 12.2 Å². The molecule has 0 radical (unpaired) electrons. The van der Waals surface area contributed by atoms with Gasteiger partial charge in [0.15, 0.2) is 0 Å². The van der Waals surface area contributed by atoms with Crippen molar-refractivity contribution in [1.29, 1.82) is 0 Å². The Hall–Kier alpha value is -0.560. The van der Waals surface area contributed by atoms with Crippen LogP contribution in [0, 0.1) is 11.3 Å². The fourth-order valence-corrected chi connectivity index (χ4v) is 2.97. The van der Waals surface area contributed by atoms with Gasteiger partial charge in [0.1, 0.15) is 0 Å². The van der Waals surface area contributed by atoms with Crippen LogP contribution in [0.2, 0.25) is 0 Å². The van der Waals surface area contributed by atoms with E-state index in [-0.39, 0.29) is 6.10 Å². The lowest BCUT2D eigenvalue weighted by Crippen LogP contribution is -2.33. The van der Waals surface area contributed by atoms with Gasteiger partial charge in [-0.3, -0.25) is 0 Å². The summed E-state index contributed by atoms with van der Waals surface area (Å²) in [5, 5.41) is 0. The minimum absolute atomic E-state index is 0.273. The predicted octanol–water partition coefficient (Wildman–Crippen LogP) is 3.32. The number of rotatable bonds is 1. The van der Waals surface area contributed by atoms with Gasteiger partial charge in [-0.05, 0) is 30.8 Å². The largest absolute Gasteiger partial charge is 0.366 e. The van der Waals surface area contributed by atoms with Crippen LogP contribution >= 0.6 is 0 Å². The van der Waals surface area contributed by atoms with Crippen LogP contribution in [0.3, 0.4) is 0 Å². The molecular weight excluding hydrogens is 172 g/mol. The van der Waals surface area contributed by atoms with Gasteiger partial charge < -0.3 is 4.74 Å². The molecule has 78 valence electrons. The van der Waals surface area contributed by atoms with E-state index in [0.29, 0.717) is 17.4 Å². The molecule has 3 unspecified atom stereocenters. The van der Waals surface area contributed by atoms with E-state index in [9.17, 15) is 0 Å². The molecule has 0 spiro atoms. The minimum atomic E-state index is 0.273. The third kappa shape index (κ3) is 1.35. The first-order chi connectivity index (χ1) is 6.56. The minimum Gasteiger partial charge on any atom is -0.366 e. The van der Waals surface area contributed by atoms with Gasteiger partial charge in [-0.15, -0.1) is 0 Å². The highest BCUT2D eigenvalue weighted by Gasteiger charge is 2.49. The summed E-state index contributed by atoms with van der Waals surface area (Å²) in [4.78, 5) is 0. The SMILES string of the molecule is C=C1C2CCC(C)(C)C1C(/C=C\C)O2. The molecule has 14 heavy (non-hydrogen) atoms. The van der Waals surface area contributed by atoms with E-state index in [0.717, 1.165) is 6.42 Å². The zero-order chi connectivity index (χ0) is 10.3. The van der Waals surface area contributed by atoms with Gasteiger partial charge in [-0.25, -0.2) is 0 Å². The third-order valence-corrected chi connectivity index (χ3v) is 3.74. The molecule has 1 saturated carbocycles. The molecule has 0 N–H and O–H groups in total. The molecular formula is C13H20O. The van der Waals surface area contributed by atoms with Crippen LogP contribution in [0.25, 0.3) is 0 Å². The first-order valence-electron chi connectivity index (χ1n) is 5.53. The van der Waals surface area contributed by atoms with Crippen LogP contribution in [0.15, 0.2) is 24.3 Å². The smallest absolute Gasteiger partial charge is 0.0835 e. The van der Waals surface area contributed by atoms with Crippen molar-refractivity contribution >= 4 is 0 Å². The monoisotopic (exact) mass is 192 g/mol. The zero-order valence-corrected chi connectivity index (χ0v) is 9.42. The Kier molecular flexibility index (Phi) is 2.30. The van der Waals surface area contributed by atoms with Gasteiger partial charge in [0.05, 0.1) is 12.2 Å². The summed E-state index contributed by atoms with van der Waals surface area (Å²) in [6, 6.07) is 0. The highest BCUT2D eigenvalue weighted by atomic mass is 16.5. The quantitative estimate of drug-likeness (QED) is 0.579. The summed E-state index contributed by atoms with van der Waals surface area (Å²) >= 11 is 0. The number of allylic oxidation sites excluding steroid dienone is 1. The number of ether oxygens (including phenoxy) is 1. The average molecular weight is 192 g/mol. The molecule has 1 aliphatic heterocycles. The van der Waals surface area contributed by atoms with Crippen molar-refractivity contribution in [1.82, 2.24) is 0 Å². The maximum atomic E-state index is 5.99. The van der Waals surface area contributed by atoms with E-state index in [1.165, 1.54) is 12.0 Å². The molecule has 1 saturated heterocycles. The molecule has 2 rings (SSSR count). The Morgan fingerprint density at radius 1 is 1.50 bits per heavy atom. The molecule has 0 aromatic rings. The van der Waals surface area contributed by atoms with E-state index in [4.69, 9.17) is 4.74 Å². The average Bonchev–Trinajstić information content (AvgIpc) is 2.32. The fraction of sp³-hybridized carbons (Fsp3) is 0.692. The van der Waals surface area contributed by atoms with Crippen molar-refractivity contribution in [3.8, 4) is 0 Å². The van der Waals surface area contributed by atoms with Crippen molar-refractivity contribution in [2.75, 3.05) is 0 Å². The van der Waals surface area contributed by atoms with E-state index in [1.54, 1.807) is 0 Å². The Labute approximate surface area is 86.8 Å². The van der Waals surface area contributed by atoms with Gasteiger partial charge in [-0.1, -0.05) is 32.6 Å². The summed E-state index contributed by atoms with van der Waals surface area (Å²) in [7, 11) is 0. The van der Waals surface area contributed by atoms with Gasteiger partial charge in [0.25, 0.3) is 0 Å². The van der Waals surface area contributed by atoms with Crippen LogP contribution in [0.5, 0.6) is 0 Å². The number of fused-ring (bicyclic) bond motifs is 2. The zero-order valence-electron chi connectivity index (χ0n) is 9.42. The predicted molar refractivity (Wildman–Crippen MR) is 59.1 cm³/mol. The van der Waals surface area contributed by atoms with Gasteiger partial charge in [-0.2, -0.15) is 0 Å². The fourth-order valence-electron chi connectivity index (χ4n) is 2.97. The highest BCUT2D eigenvalue weighted by Crippen LogP contribution is 2.51. The summed E-state index contributed by atoms with van der Waals surface area (Å²) in [6.45, 7) is 10.9. The highest BCUT2D eigenvalue weighted by molar-refractivity contribution is 5.24. The van der Waals surface area contributed by atoms with Crippen LogP contribution in [-0.2, 0) is 4.74 Å². The third-order valence-electron chi connectivity index (χ3n) is 3.74. The maximum absolute atomic E-state index is 5.99. The molecule has 3 atom stereocenters. The second-order valence-electron chi connectivity index (χ2n) is 5.19. The molecule has 2 fully saturated rings. The summed E-state index contributed by atoms with van der Waals surface area (Å²) < 4.78 is 5.99. The topological polar surface area (TPSA) is 9.23 Å². The second kappa shape index (κ2) is 3.23. The first-order valence-corrected chi connectivity index (χ1v) is 5.53. The van der Waals surface area contributed by atoms with E-state index >= 15 is 0 Å². The molecule has 1 nitrogen and oxygen atoms in total. The van der Waals surface area contributed by atoms with Crippen LogP contribution in [0.4, 0.5) is 0 Å². The summed E-state index contributed by atoms with van der Waals surface area (Å²) in [5.41, 5.74) is 1.68. The molecule has 1 heterocycles. The molecule has 0 aromatic heterocycles. The van der Waals surface area contributed by atoms with Crippen molar-refractivity contribution < 1.29 is 4.74 Å². The number of hydrogen-bond donors (Lipinski definition) is 0. The standard InChI is InChI=1S/C13H20O/c1-5-6-11-12-9(2)10(14-11)7-8-13(12,3)4/h5-6,10-12H,2,7-8H2,1,3-4H3/b6-5-.